The molecule has 19 heavy (non-hydrogen) atoms. The molecule has 0 fully saturated rings. The maximum atomic E-state index is 12.3. The molecule has 0 aliphatic carbocycles. The second kappa shape index (κ2) is 4.85. The summed E-state index contributed by atoms with van der Waals surface area (Å²) in [7, 11) is 0. The van der Waals surface area contributed by atoms with Crippen LogP contribution in [0.4, 0.5) is 0 Å². The van der Waals surface area contributed by atoms with Gasteiger partial charge in [-0.2, -0.15) is 0 Å². The van der Waals surface area contributed by atoms with E-state index in [1.807, 2.05) is 36.6 Å². The number of rotatable bonds is 3. The van der Waals surface area contributed by atoms with Gasteiger partial charge in [-0.1, -0.05) is 18.2 Å². The first-order chi connectivity index (χ1) is 9.25. The maximum absolute atomic E-state index is 12.3. The van der Waals surface area contributed by atoms with Gasteiger partial charge in [0, 0.05) is 27.9 Å². The number of amides is 1. The molecule has 0 saturated carbocycles. The first-order valence-corrected chi connectivity index (χ1v) is 6.90. The molecular formula is C14H13N3OS. The predicted molar refractivity (Wildman–Crippen MR) is 76.3 cm³/mol. The number of fused-ring (bicyclic) bond motifs is 1. The number of carbonyl (C=O) groups excluding carboxylic acids is 1. The molecule has 0 spiro atoms. The van der Waals surface area contributed by atoms with Crippen LogP contribution in [-0.4, -0.2) is 15.9 Å². The number of imidazole rings is 1. The highest BCUT2D eigenvalue weighted by atomic mass is 32.1. The van der Waals surface area contributed by atoms with Crippen molar-refractivity contribution in [2.75, 3.05) is 0 Å². The lowest BCUT2D eigenvalue weighted by molar-refractivity contribution is 0.0940. The van der Waals surface area contributed by atoms with Crippen molar-refractivity contribution in [3.63, 3.8) is 0 Å². The Balaban J connectivity index is 1.84. The van der Waals surface area contributed by atoms with Crippen LogP contribution in [0.15, 0.2) is 42.0 Å². The Kier molecular flexibility index (Phi) is 3.05. The average molecular weight is 271 g/mol. The fourth-order valence-corrected chi connectivity index (χ4v) is 2.95. The summed E-state index contributed by atoms with van der Waals surface area (Å²) in [6.07, 6.45) is 3.43. The van der Waals surface area contributed by atoms with E-state index in [9.17, 15) is 4.79 Å². The van der Waals surface area contributed by atoms with E-state index in [0.29, 0.717) is 0 Å². The zero-order valence-corrected chi connectivity index (χ0v) is 11.2. The molecular weight excluding hydrogens is 258 g/mol. The molecule has 1 amide bonds. The molecule has 96 valence electrons. The molecule has 0 saturated heterocycles. The molecule has 1 aromatic carbocycles. The molecule has 0 aliphatic rings. The van der Waals surface area contributed by atoms with Crippen LogP contribution in [-0.2, 0) is 0 Å². The van der Waals surface area contributed by atoms with E-state index < -0.39 is 0 Å². The van der Waals surface area contributed by atoms with Crippen molar-refractivity contribution in [2.24, 2.45) is 0 Å². The summed E-state index contributed by atoms with van der Waals surface area (Å²) < 4.78 is 1.12. The predicted octanol–water partition coefficient (Wildman–Crippen LogP) is 3.12. The van der Waals surface area contributed by atoms with Gasteiger partial charge in [0.15, 0.2) is 0 Å². The Morgan fingerprint density at radius 3 is 3.05 bits per heavy atom. The van der Waals surface area contributed by atoms with Gasteiger partial charge in [-0.05, 0) is 13.0 Å². The number of aromatic amines is 1. The number of nitrogens with one attached hydrogen (secondary N) is 2. The number of H-pyrrole nitrogens is 1. The third kappa shape index (κ3) is 2.24. The van der Waals surface area contributed by atoms with E-state index >= 15 is 0 Å². The van der Waals surface area contributed by atoms with Gasteiger partial charge in [-0.3, -0.25) is 4.79 Å². The van der Waals surface area contributed by atoms with E-state index in [1.165, 1.54) is 0 Å². The number of carbonyl (C=O) groups is 1. The minimum Gasteiger partial charge on any atom is -0.347 e. The first kappa shape index (κ1) is 11.9. The molecule has 2 N–H and O–H groups in total. The van der Waals surface area contributed by atoms with Crippen molar-refractivity contribution in [1.29, 1.82) is 0 Å². The SMILES string of the molecule is CC(NC(=O)c1csc2ccccc12)c1ncc[nH]1. The molecule has 4 nitrogen and oxygen atoms in total. The van der Waals surface area contributed by atoms with Crippen molar-refractivity contribution >= 4 is 27.3 Å². The quantitative estimate of drug-likeness (QED) is 0.769. The normalized spacial score (nSPS) is 12.5. The standard InChI is InChI=1S/C14H13N3OS/c1-9(13-15-6-7-16-13)17-14(18)11-8-19-12-5-3-2-4-10(11)12/h2-9H,1H3,(H,15,16)(H,17,18). The Morgan fingerprint density at radius 1 is 1.42 bits per heavy atom. The molecule has 0 radical (unpaired) electrons. The zero-order valence-electron chi connectivity index (χ0n) is 10.4. The topological polar surface area (TPSA) is 57.8 Å². The number of nitrogens with zero attached hydrogens (tertiary/aromatic N) is 1. The summed E-state index contributed by atoms with van der Waals surface area (Å²) >= 11 is 1.58. The fraction of sp³-hybridized carbons (Fsp3) is 0.143. The van der Waals surface area contributed by atoms with Crippen molar-refractivity contribution in [3.8, 4) is 0 Å². The van der Waals surface area contributed by atoms with Crippen LogP contribution in [0.25, 0.3) is 10.1 Å². The monoisotopic (exact) mass is 271 g/mol. The minimum absolute atomic E-state index is 0.0682. The fourth-order valence-electron chi connectivity index (χ4n) is 2.01. The maximum Gasteiger partial charge on any atom is 0.253 e. The molecule has 1 atom stereocenters. The van der Waals surface area contributed by atoms with Gasteiger partial charge in [0.05, 0.1) is 11.6 Å². The van der Waals surface area contributed by atoms with Gasteiger partial charge in [-0.15, -0.1) is 11.3 Å². The molecule has 3 rings (SSSR count). The highest BCUT2D eigenvalue weighted by Crippen LogP contribution is 2.25. The Morgan fingerprint density at radius 2 is 2.26 bits per heavy atom. The van der Waals surface area contributed by atoms with Gasteiger partial charge in [-0.25, -0.2) is 4.98 Å². The zero-order chi connectivity index (χ0) is 13.2. The van der Waals surface area contributed by atoms with Crippen molar-refractivity contribution < 1.29 is 4.79 Å². The smallest absolute Gasteiger partial charge is 0.253 e. The lowest BCUT2D eigenvalue weighted by Crippen LogP contribution is -2.27. The highest BCUT2D eigenvalue weighted by molar-refractivity contribution is 7.17. The van der Waals surface area contributed by atoms with Crippen molar-refractivity contribution in [2.45, 2.75) is 13.0 Å². The lowest BCUT2D eigenvalue weighted by Gasteiger charge is -2.10. The Hall–Kier alpha value is -2.14. The van der Waals surface area contributed by atoms with Crippen molar-refractivity contribution in [3.05, 3.63) is 53.4 Å². The largest absolute Gasteiger partial charge is 0.347 e. The Labute approximate surface area is 114 Å². The number of thiophene rings is 1. The van der Waals surface area contributed by atoms with Crippen LogP contribution in [0, 0.1) is 0 Å². The Bertz CT molecular complexity index is 702. The minimum atomic E-state index is -0.138. The molecule has 0 bridgehead atoms. The number of hydrogen-bond acceptors (Lipinski definition) is 3. The molecule has 5 heteroatoms. The number of benzene rings is 1. The first-order valence-electron chi connectivity index (χ1n) is 6.02. The molecule has 2 aromatic heterocycles. The summed E-state index contributed by atoms with van der Waals surface area (Å²) in [6, 6.07) is 7.78. The molecule has 2 heterocycles. The van der Waals surface area contributed by atoms with Crippen molar-refractivity contribution in [1.82, 2.24) is 15.3 Å². The van der Waals surface area contributed by atoms with Gasteiger partial charge in [0.1, 0.15) is 5.82 Å². The highest BCUT2D eigenvalue weighted by Gasteiger charge is 2.16. The van der Waals surface area contributed by atoms with Gasteiger partial charge in [0.25, 0.3) is 5.91 Å². The second-order valence-corrected chi connectivity index (χ2v) is 5.23. The van der Waals surface area contributed by atoms with E-state index in [2.05, 4.69) is 15.3 Å². The van der Waals surface area contributed by atoms with E-state index in [-0.39, 0.29) is 11.9 Å². The third-order valence-corrected chi connectivity index (χ3v) is 3.97. The second-order valence-electron chi connectivity index (χ2n) is 4.32. The summed E-state index contributed by atoms with van der Waals surface area (Å²) in [5.74, 6) is 0.689. The van der Waals surface area contributed by atoms with Crippen LogP contribution in [0.2, 0.25) is 0 Å². The lowest BCUT2D eigenvalue weighted by atomic mass is 10.1. The summed E-state index contributed by atoms with van der Waals surface area (Å²) in [6.45, 7) is 1.91. The number of hydrogen-bond donors (Lipinski definition) is 2. The van der Waals surface area contributed by atoms with Gasteiger partial charge < -0.3 is 10.3 Å². The average Bonchev–Trinajstić information content (AvgIpc) is 3.08. The van der Waals surface area contributed by atoms with E-state index in [0.717, 1.165) is 21.5 Å². The van der Waals surface area contributed by atoms with Gasteiger partial charge in [0.2, 0.25) is 0 Å². The third-order valence-electron chi connectivity index (χ3n) is 3.00. The summed E-state index contributed by atoms with van der Waals surface area (Å²) in [5.41, 5.74) is 0.721. The number of aromatic nitrogens is 2. The molecule has 3 aromatic rings. The van der Waals surface area contributed by atoms with Crippen LogP contribution in [0.3, 0.4) is 0 Å². The molecule has 1 unspecified atom stereocenters. The van der Waals surface area contributed by atoms with E-state index in [1.54, 1.807) is 23.7 Å². The summed E-state index contributed by atoms with van der Waals surface area (Å²) in [5, 5.41) is 5.85. The van der Waals surface area contributed by atoms with Crippen LogP contribution in [0.1, 0.15) is 29.1 Å². The van der Waals surface area contributed by atoms with E-state index in [4.69, 9.17) is 0 Å². The molecule has 0 aliphatic heterocycles. The van der Waals surface area contributed by atoms with Gasteiger partial charge >= 0.3 is 0 Å². The van der Waals surface area contributed by atoms with Crippen LogP contribution >= 0.6 is 11.3 Å². The van der Waals surface area contributed by atoms with Crippen LogP contribution < -0.4 is 5.32 Å². The summed E-state index contributed by atoms with van der Waals surface area (Å²) in [4.78, 5) is 19.4. The van der Waals surface area contributed by atoms with Crippen LogP contribution in [0.5, 0.6) is 0 Å².